The molecule has 0 amide bonds. The van der Waals surface area contributed by atoms with E-state index < -0.39 is 0 Å². The third kappa shape index (κ3) is 1.46. The fraction of sp³-hybridized carbons (Fsp3) is 0.143. The summed E-state index contributed by atoms with van der Waals surface area (Å²) in [5.41, 5.74) is 1.56. The van der Waals surface area contributed by atoms with E-state index in [1.165, 1.54) is 4.09 Å². The molecule has 0 aliphatic carbocycles. The molecule has 0 bridgehead atoms. The van der Waals surface area contributed by atoms with Crippen molar-refractivity contribution in [1.29, 1.82) is 5.26 Å². The van der Waals surface area contributed by atoms with Crippen LogP contribution in [0.4, 0.5) is 0 Å². The summed E-state index contributed by atoms with van der Waals surface area (Å²) >= 11 is 5.59. The van der Waals surface area contributed by atoms with Crippen LogP contribution >= 0.6 is 11.8 Å². The molecule has 2 nitrogen and oxygen atoms in total. The smallest absolute Gasteiger partial charge is 0.192 e. The summed E-state index contributed by atoms with van der Waals surface area (Å²) in [7, 11) is 0. The van der Waals surface area contributed by atoms with Crippen LogP contribution in [0.2, 0.25) is 0 Å². The summed E-state index contributed by atoms with van der Waals surface area (Å²) in [4.78, 5) is 0. The van der Waals surface area contributed by atoms with Crippen LogP contribution < -0.4 is 4.09 Å². The zero-order valence-corrected chi connectivity index (χ0v) is 6.26. The lowest BCUT2D eigenvalue weighted by Gasteiger charge is -1.86. The van der Waals surface area contributed by atoms with Gasteiger partial charge in [0.05, 0.1) is 0 Å². The van der Waals surface area contributed by atoms with Crippen LogP contribution in [0.1, 0.15) is 11.1 Å². The number of pyridine rings is 1. The molecule has 1 aromatic rings. The SMILES string of the molecule is Cc1cc(C#N)c[n+](Cl)c1. The Kier molecular flexibility index (Phi) is 1.88. The lowest BCUT2D eigenvalue weighted by Crippen LogP contribution is -2.19. The van der Waals surface area contributed by atoms with E-state index in [1.54, 1.807) is 18.5 Å². The fourth-order valence-corrected chi connectivity index (χ4v) is 1.00. The van der Waals surface area contributed by atoms with Gasteiger partial charge in [-0.25, -0.2) is 0 Å². The van der Waals surface area contributed by atoms with E-state index in [2.05, 4.69) is 0 Å². The summed E-state index contributed by atoms with van der Waals surface area (Å²) in [5, 5.41) is 8.46. The van der Waals surface area contributed by atoms with Crippen LogP contribution in [0.3, 0.4) is 0 Å². The molecule has 0 atom stereocenters. The maximum atomic E-state index is 8.46. The van der Waals surface area contributed by atoms with Crippen molar-refractivity contribution in [3.05, 3.63) is 29.6 Å². The Morgan fingerprint density at radius 3 is 2.80 bits per heavy atom. The first kappa shape index (κ1) is 7.04. The topological polar surface area (TPSA) is 27.7 Å². The van der Waals surface area contributed by atoms with Gasteiger partial charge in [0.1, 0.15) is 11.6 Å². The van der Waals surface area contributed by atoms with Gasteiger partial charge in [0.2, 0.25) is 6.20 Å². The second-order valence-corrected chi connectivity index (χ2v) is 2.45. The third-order valence-corrected chi connectivity index (χ3v) is 1.30. The van der Waals surface area contributed by atoms with E-state index >= 15 is 0 Å². The Labute approximate surface area is 64.4 Å². The standard InChI is InChI=1S/C7H6ClN2/c1-6-2-7(3-9)5-10(8)4-6/h2,4-5H,1H3/q+1. The number of hydrogen-bond donors (Lipinski definition) is 0. The molecule has 10 heavy (non-hydrogen) atoms. The molecule has 1 aromatic heterocycles. The van der Waals surface area contributed by atoms with E-state index in [-0.39, 0.29) is 0 Å². The minimum atomic E-state index is 0.579. The number of aryl methyl sites for hydroxylation is 1. The Morgan fingerprint density at radius 1 is 1.60 bits per heavy atom. The number of aromatic nitrogens is 1. The Hall–Kier alpha value is -1.07. The van der Waals surface area contributed by atoms with Gasteiger partial charge < -0.3 is 0 Å². The fourth-order valence-electron chi connectivity index (χ4n) is 0.746. The highest BCUT2D eigenvalue weighted by atomic mass is 35.5. The van der Waals surface area contributed by atoms with Crippen LogP contribution in [0.15, 0.2) is 18.5 Å². The van der Waals surface area contributed by atoms with Gasteiger partial charge >= 0.3 is 0 Å². The number of halogens is 1. The molecule has 0 fully saturated rings. The largest absolute Gasteiger partial charge is 0.268 e. The molecule has 50 valence electrons. The van der Waals surface area contributed by atoms with E-state index in [9.17, 15) is 0 Å². The molecule has 0 saturated carbocycles. The predicted octanol–water partition coefficient (Wildman–Crippen LogP) is 1.16. The molecule has 0 radical (unpaired) electrons. The number of nitriles is 1. The minimum absolute atomic E-state index is 0.579. The second-order valence-electron chi connectivity index (χ2n) is 2.06. The molecule has 0 aliphatic rings. The van der Waals surface area contributed by atoms with Gasteiger partial charge in [0, 0.05) is 5.56 Å². The third-order valence-electron chi connectivity index (χ3n) is 1.10. The summed E-state index contributed by atoms with van der Waals surface area (Å²) in [5.74, 6) is 0. The predicted molar refractivity (Wildman–Crippen MR) is 37.3 cm³/mol. The maximum absolute atomic E-state index is 8.46. The lowest BCUT2D eigenvalue weighted by atomic mass is 10.2. The zero-order chi connectivity index (χ0) is 7.56. The Bertz CT molecular complexity index is 268. The van der Waals surface area contributed by atoms with Gasteiger partial charge in [-0.05, 0) is 13.0 Å². The molecule has 3 heteroatoms. The molecule has 1 rings (SSSR count). The van der Waals surface area contributed by atoms with Crippen LogP contribution in [0, 0.1) is 18.3 Å². The summed E-state index contributed by atoms with van der Waals surface area (Å²) in [6.45, 7) is 1.89. The van der Waals surface area contributed by atoms with E-state index in [1.807, 2.05) is 13.0 Å². The minimum Gasteiger partial charge on any atom is -0.192 e. The highest BCUT2D eigenvalue weighted by Crippen LogP contribution is 1.97. The molecular weight excluding hydrogens is 148 g/mol. The van der Waals surface area contributed by atoms with E-state index in [4.69, 9.17) is 17.0 Å². The van der Waals surface area contributed by atoms with Crippen molar-refractivity contribution in [2.24, 2.45) is 0 Å². The van der Waals surface area contributed by atoms with E-state index in [0.29, 0.717) is 5.56 Å². The highest BCUT2D eigenvalue weighted by Gasteiger charge is 2.00. The zero-order valence-electron chi connectivity index (χ0n) is 5.50. The maximum Gasteiger partial charge on any atom is 0.268 e. The molecule has 0 aliphatic heterocycles. The van der Waals surface area contributed by atoms with Gasteiger partial charge in [-0.2, -0.15) is 5.26 Å². The highest BCUT2D eigenvalue weighted by molar-refractivity contribution is 6.04. The van der Waals surface area contributed by atoms with Crippen molar-refractivity contribution in [2.45, 2.75) is 6.92 Å². The van der Waals surface area contributed by atoms with Crippen molar-refractivity contribution < 1.29 is 4.09 Å². The van der Waals surface area contributed by atoms with Crippen molar-refractivity contribution in [3.63, 3.8) is 0 Å². The van der Waals surface area contributed by atoms with Crippen LogP contribution in [-0.4, -0.2) is 0 Å². The second kappa shape index (κ2) is 2.68. The van der Waals surface area contributed by atoms with Gasteiger partial charge in [0.25, 0.3) is 11.8 Å². The Morgan fingerprint density at radius 2 is 2.30 bits per heavy atom. The summed E-state index contributed by atoms with van der Waals surface area (Å²) < 4.78 is 1.36. The molecular formula is C7H6ClN2+. The van der Waals surface area contributed by atoms with Crippen molar-refractivity contribution >= 4 is 11.8 Å². The molecule has 0 unspecified atom stereocenters. The molecule has 0 aromatic carbocycles. The Balaban J connectivity index is 3.22. The first-order valence-electron chi connectivity index (χ1n) is 2.81. The quantitative estimate of drug-likeness (QED) is 0.550. The summed E-state index contributed by atoms with van der Waals surface area (Å²) in [6.07, 6.45) is 3.30. The van der Waals surface area contributed by atoms with Gasteiger partial charge in [-0.1, -0.05) is 4.09 Å². The monoisotopic (exact) mass is 153 g/mol. The van der Waals surface area contributed by atoms with Crippen molar-refractivity contribution in [3.8, 4) is 6.07 Å². The van der Waals surface area contributed by atoms with Gasteiger partial charge in [0.15, 0.2) is 6.20 Å². The summed E-state index contributed by atoms with van der Waals surface area (Å²) in [6, 6.07) is 3.78. The average Bonchev–Trinajstić information content (AvgIpc) is 1.85. The number of nitrogens with zero attached hydrogens (tertiary/aromatic N) is 2. The van der Waals surface area contributed by atoms with Crippen molar-refractivity contribution in [2.75, 3.05) is 0 Å². The molecule has 1 heterocycles. The van der Waals surface area contributed by atoms with Crippen LogP contribution in [-0.2, 0) is 0 Å². The van der Waals surface area contributed by atoms with Crippen LogP contribution in [0.25, 0.3) is 0 Å². The van der Waals surface area contributed by atoms with E-state index in [0.717, 1.165) is 5.56 Å². The first-order valence-corrected chi connectivity index (χ1v) is 3.15. The lowest BCUT2D eigenvalue weighted by molar-refractivity contribution is -0.520. The van der Waals surface area contributed by atoms with Crippen LogP contribution in [0.5, 0.6) is 0 Å². The average molecular weight is 154 g/mol. The molecule has 0 spiro atoms. The molecule has 0 saturated heterocycles. The normalized spacial score (nSPS) is 8.90. The van der Waals surface area contributed by atoms with Crippen molar-refractivity contribution in [1.82, 2.24) is 0 Å². The first-order chi connectivity index (χ1) is 4.72. The number of hydrogen-bond acceptors (Lipinski definition) is 1. The van der Waals surface area contributed by atoms with Gasteiger partial charge in [-0.3, -0.25) is 0 Å². The van der Waals surface area contributed by atoms with Gasteiger partial charge in [-0.15, -0.1) is 0 Å². The number of rotatable bonds is 0. The molecule has 0 N–H and O–H groups in total.